The maximum Gasteiger partial charge on any atom is 0.328 e. The topological polar surface area (TPSA) is 49.1 Å². The minimum atomic E-state index is -0.0704. The summed E-state index contributed by atoms with van der Waals surface area (Å²) in [6.45, 7) is 2.43. The molecule has 15 heavy (non-hydrogen) atoms. The molecule has 2 aromatic rings. The van der Waals surface area contributed by atoms with Crippen molar-refractivity contribution in [2.24, 2.45) is 14.1 Å². The SMILES string of the molecule is CCOc1nccc2c1n(C)c(=O)n2C. The van der Waals surface area contributed by atoms with Crippen molar-refractivity contribution in [1.82, 2.24) is 14.1 Å². The van der Waals surface area contributed by atoms with Crippen molar-refractivity contribution in [3.05, 3.63) is 22.7 Å². The Morgan fingerprint density at radius 2 is 2.13 bits per heavy atom. The highest BCUT2D eigenvalue weighted by Gasteiger charge is 2.12. The molecule has 0 aliphatic heterocycles. The Labute approximate surface area is 86.9 Å². The van der Waals surface area contributed by atoms with Crippen molar-refractivity contribution in [1.29, 1.82) is 0 Å². The van der Waals surface area contributed by atoms with Crippen LogP contribution in [0.3, 0.4) is 0 Å². The first kappa shape index (κ1) is 9.76. The number of aryl methyl sites for hydroxylation is 2. The number of ether oxygens (including phenoxy) is 1. The lowest BCUT2D eigenvalue weighted by atomic mass is 10.4. The van der Waals surface area contributed by atoms with Crippen molar-refractivity contribution < 1.29 is 4.74 Å². The van der Waals surface area contributed by atoms with Crippen molar-refractivity contribution in [2.75, 3.05) is 6.61 Å². The van der Waals surface area contributed by atoms with E-state index in [1.807, 2.05) is 6.92 Å². The second kappa shape index (κ2) is 3.42. The van der Waals surface area contributed by atoms with Gasteiger partial charge in [-0.2, -0.15) is 0 Å². The van der Waals surface area contributed by atoms with E-state index in [-0.39, 0.29) is 5.69 Å². The van der Waals surface area contributed by atoms with Crippen LogP contribution in [-0.4, -0.2) is 20.7 Å². The first-order valence-corrected chi connectivity index (χ1v) is 4.80. The summed E-state index contributed by atoms with van der Waals surface area (Å²) in [6.07, 6.45) is 1.65. The molecule has 80 valence electrons. The number of pyridine rings is 1. The van der Waals surface area contributed by atoms with Crippen LogP contribution in [0.15, 0.2) is 17.1 Å². The molecular formula is C10H13N3O2. The van der Waals surface area contributed by atoms with E-state index in [9.17, 15) is 4.79 Å². The van der Waals surface area contributed by atoms with Gasteiger partial charge in [-0.25, -0.2) is 9.78 Å². The number of nitrogens with zero attached hydrogens (tertiary/aromatic N) is 3. The van der Waals surface area contributed by atoms with Gasteiger partial charge in [0.15, 0.2) is 0 Å². The van der Waals surface area contributed by atoms with Gasteiger partial charge in [0.05, 0.1) is 12.1 Å². The minimum absolute atomic E-state index is 0.0704. The quantitative estimate of drug-likeness (QED) is 0.727. The second-order valence-corrected chi connectivity index (χ2v) is 3.32. The van der Waals surface area contributed by atoms with Crippen LogP contribution in [0.2, 0.25) is 0 Å². The second-order valence-electron chi connectivity index (χ2n) is 3.32. The van der Waals surface area contributed by atoms with Gasteiger partial charge in [0.2, 0.25) is 5.88 Å². The van der Waals surface area contributed by atoms with Crippen molar-refractivity contribution in [2.45, 2.75) is 6.92 Å². The summed E-state index contributed by atoms with van der Waals surface area (Å²) in [7, 11) is 3.45. The standard InChI is InChI=1S/C10H13N3O2/c1-4-15-9-8-7(5-6-11-9)12(2)10(14)13(8)3/h5-6H,4H2,1-3H3. The molecule has 0 aliphatic carbocycles. The van der Waals surface area contributed by atoms with Crippen LogP contribution in [0.4, 0.5) is 0 Å². The van der Waals surface area contributed by atoms with Crippen LogP contribution in [0.1, 0.15) is 6.92 Å². The van der Waals surface area contributed by atoms with E-state index in [2.05, 4.69) is 4.98 Å². The Balaban J connectivity index is 2.85. The fourth-order valence-corrected chi connectivity index (χ4v) is 1.68. The number of rotatable bonds is 2. The van der Waals surface area contributed by atoms with Crippen molar-refractivity contribution in [3.8, 4) is 5.88 Å². The molecule has 0 bridgehead atoms. The molecule has 0 amide bonds. The average molecular weight is 207 g/mol. The molecular weight excluding hydrogens is 194 g/mol. The Morgan fingerprint density at radius 3 is 2.80 bits per heavy atom. The maximum absolute atomic E-state index is 11.7. The Morgan fingerprint density at radius 1 is 1.40 bits per heavy atom. The lowest BCUT2D eigenvalue weighted by Crippen LogP contribution is -2.19. The zero-order valence-electron chi connectivity index (χ0n) is 9.02. The lowest BCUT2D eigenvalue weighted by Gasteiger charge is -2.03. The molecule has 0 radical (unpaired) electrons. The summed E-state index contributed by atoms with van der Waals surface area (Å²) >= 11 is 0. The van der Waals surface area contributed by atoms with Crippen LogP contribution in [0, 0.1) is 0 Å². The third-order valence-electron chi connectivity index (χ3n) is 2.42. The van der Waals surface area contributed by atoms with E-state index in [0.29, 0.717) is 12.5 Å². The van der Waals surface area contributed by atoms with E-state index in [4.69, 9.17) is 4.74 Å². The van der Waals surface area contributed by atoms with Crippen LogP contribution in [-0.2, 0) is 14.1 Å². The molecule has 0 spiro atoms. The minimum Gasteiger partial charge on any atom is -0.476 e. The molecule has 0 saturated carbocycles. The molecule has 0 atom stereocenters. The van der Waals surface area contributed by atoms with Gasteiger partial charge in [-0.1, -0.05) is 0 Å². The molecule has 0 fully saturated rings. The molecule has 0 saturated heterocycles. The van der Waals surface area contributed by atoms with E-state index in [1.165, 1.54) is 0 Å². The summed E-state index contributed by atoms with van der Waals surface area (Å²) in [5.41, 5.74) is 1.51. The molecule has 5 nitrogen and oxygen atoms in total. The van der Waals surface area contributed by atoms with Gasteiger partial charge in [-0.3, -0.25) is 9.13 Å². The molecule has 2 rings (SSSR count). The Hall–Kier alpha value is -1.78. The number of hydrogen-bond donors (Lipinski definition) is 0. The molecule has 0 aromatic carbocycles. The first-order chi connectivity index (χ1) is 7.16. The lowest BCUT2D eigenvalue weighted by molar-refractivity contribution is 0.330. The van der Waals surface area contributed by atoms with E-state index in [1.54, 1.807) is 35.5 Å². The fraction of sp³-hybridized carbons (Fsp3) is 0.400. The van der Waals surface area contributed by atoms with Crippen LogP contribution in [0.5, 0.6) is 5.88 Å². The Bertz CT molecular complexity index is 554. The molecule has 2 aromatic heterocycles. The van der Waals surface area contributed by atoms with Gasteiger partial charge in [-0.15, -0.1) is 0 Å². The maximum atomic E-state index is 11.7. The van der Waals surface area contributed by atoms with Crippen LogP contribution < -0.4 is 10.4 Å². The summed E-state index contributed by atoms with van der Waals surface area (Å²) in [6, 6.07) is 1.80. The molecule has 5 heteroatoms. The summed E-state index contributed by atoms with van der Waals surface area (Å²) in [5.74, 6) is 0.509. The highest BCUT2D eigenvalue weighted by molar-refractivity contribution is 5.80. The largest absolute Gasteiger partial charge is 0.476 e. The number of fused-ring (bicyclic) bond motifs is 1. The number of imidazole rings is 1. The van der Waals surface area contributed by atoms with Gasteiger partial charge in [0.25, 0.3) is 0 Å². The number of hydrogen-bond acceptors (Lipinski definition) is 3. The predicted molar refractivity (Wildman–Crippen MR) is 57.1 cm³/mol. The Kier molecular flexibility index (Phi) is 2.22. The average Bonchev–Trinajstić information content (AvgIpc) is 2.46. The van der Waals surface area contributed by atoms with Crippen LogP contribution in [0.25, 0.3) is 11.0 Å². The number of aromatic nitrogens is 3. The van der Waals surface area contributed by atoms with Gasteiger partial charge in [0, 0.05) is 20.3 Å². The molecule has 0 N–H and O–H groups in total. The summed E-state index contributed by atoms with van der Waals surface area (Å²) in [5, 5.41) is 0. The summed E-state index contributed by atoms with van der Waals surface area (Å²) < 4.78 is 8.52. The van der Waals surface area contributed by atoms with E-state index >= 15 is 0 Å². The molecule has 0 unspecified atom stereocenters. The first-order valence-electron chi connectivity index (χ1n) is 4.80. The van der Waals surface area contributed by atoms with Crippen molar-refractivity contribution in [3.63, 3.8) is 0 Å². The monoisotopic (exact) mass is 207 g/mol. The van der Waals surface area contributed by atoms with E-state index in [0.717, 1.165) is 11.0 Å². The molecule has 2 heterocycles. The van der Waals surface area contributed by atoms with Crippen molar-refractivity contribution >= 4 is 11.0 Å². The van der Waals surface area contributed by atoms with Gasteiger partial charge in [-0.05, 0) is 13.0 Å². The highest BCUT2D eigenvalue weighted by Crippen LogP contribution is 2.20. The fourth-order valence-electron chi connectivity index (χ4n) is 1.68. The molecule has 0 aliphatic rings. The highest BCUT2D eigenvalue weighted by atomic mass is 16.5. The third-order valence-corrected chi connectivity index (χ3v) is 2.42. The smallest absolute Gasteiger partial charge is 0.328 e. The van der Waals surface area contributed by atoms with E-state index < -0.39 is 0 Å². The van der Waals surface area contributed by atoms with Gasteiger partial charge < -0.3 is 4.74 Å². The summed E-state index contributed by atoms with van der Waals surface area (Å²) in [4.78, 5) is 15.8. The predicted octanol–water partition coefficient (Wildman–Crippen LogP) is 0.671. The van der Waals surface area contributed by atoms with Gasteiger partial charge in [0.1, 0.15) is 5.52 Å². The third kappa shape index (κ3) is 1.31. The van der Waals surface area contributed by atoms with Crippen LogP contribution >= 0.6 is 0 Å². The zero-order chi connectivity index (χ0) is 11.0. The zero-order valence-corrected chi connectivity index (χ0v) is 9.02. The normalized spacial score (nSPS) is 10.9. The van der Waals surface area contributed by atoms with Gasteiger partial charge >= 0.3 is 5.69 Å².